The van der Waals surface area contributed by atoms with Crippen LogP contribution >= 0.6 is 0 Å². The molecule has 0 atom stereocenters. The molecule has 0 unspecified atom stereocenters. The second kappa shape index (κ2) is 7.11. The summed E-state index contributed by atoms with van der Waals surface area (Å²) >= 11 is 0. The molecule has 0 radical (unpaired) electrons. The molecule has 118 valence electrons. The highest BCUT2D eigenvalue weighted by molar-refractivity contribution is 5.94. The average Bonchev–Trinajstić information content (AvgIpc) is 2.91. The van der Waals surface area contributed by atoms with Gasteiger partial charge in [0.15, 0.2) is 0 Å². The van der Waals surface area contributed by atoms with Crippen LogP contribution in [0.15, 0.2) is 24.4 Å². The lowest BCUT2D eigenvalue weighted by atomic mass is 10.1. The van der Waals surface area contributed by atoms with Crippen molar-refractivity contribution in [3.63, 3.8) is 0 Å². The van der Waals surface area contributed by atoms with Crippen molar-refractivity contribution in [2.75, 3.05) is 20.2 Å². The lowest BCUT2D eigenvalue weighted by Crippen LogP contribution is -2.28. The molecule has 1 heterocycles. The molecule has 1 aromatic carbocycles. The maximum Gasteiger partial charge on any atom is 0.257 e. The largest absolute Gasteiger partial charge is 0.493 e. The number of nitrogens with zero attached hydrogens (tertiary/aromatic N) is 2. The minimum absolute atomic E-state index is 0.0154. The van der Waals surface area contributed by atoms with Crippen molar-refractivity contribution in [1.29, 1.82) is 0 Å². The Balaban J connectivity index is 1.81. The molecule has 2 rings (SSSR count). The Labute approximate surface area is 131 Å². The minimum Gasteiger partial charge on any atom is -0.493 e. The van der Waals surface area contributed by atoms with Gasteiger partial charge in [-0.1, -0.05) is 18.2 Å². The molecular weight excluding hydrogens is 278 g/mol. The molecule has 5 nitrogen and oxygen atoms in total. The number of H-pyrrole nitrogens is 1. The highest BCUT2D eigenvalue weighted by Crippen LogP contribution is 2.22. The fourth-order valence-electron chi connectivity index (χ4n) is 2.38. The number of amides is 1. The van der Waals surface area contributed by atoms with Gasteiger partial charge in [-0.15, -0.1) is 0 Å². The number of aryl methyl sites for hydroxylation is 3. The van der Waals surface area contributed by atoms with Crippen molar-refractivity contribution in [2.24, 2.45) is 0 Å². The first kappa shape index (κ1) is 16.1. The molecule has 0 aliphatic carbocycles. The van der Waals surface area contributed by atoms with E-state index in [0.717, 1.165) is 29.0 Å². The number of benzene rings is 1. The zero-order valence-corrected chi connectivity index (χ0v) is 13.6. The molecule has 0 fully saturated rings. The van der Waals surface area contributed by atoms with E-state index in [0.29, 0.717) is 18.7 Å². The molecule has 1 aromatic heterocycles. The van der Waals surface area contributed by atoms with Crippen LogP contribution in [0.3, 0.4) is 0 Å². The van der Waals surface area contributed by atoms with Gasteiger partial charge in [-0.25, -0.2) is 0 Å². The molecule has 0 saturated heterocycles. The minimum atomic E-state index is -0.0154. The van der Waals surface area contributed by atoms with Gasteiger partial charge in [0.25, 0.3) is 5.91 Å². The van der Waals surface area contributed by atoms with E-state index < -0.39 is 0 Å². The zero-order valence-electron chi connectivity index (χ0n) is 13.6. The Bertz CT molecular complexity index is 629. The van der Waals surface area contributed by atoms with Crippen LogP contribution in [0.4, 0.5) is 0 Å². The molecule has 0 spiro atoms. The second-order valence-corrected chi connectivity index (χ2v) is 5.56. The van der Waals surface area contributed by atoms with Gasteiger partial charge >= 0.3 is 0 Å². The lowest BCUT2D eigenvalue weighted by Gasteiger charge is -2.17. The van der Waals surface area contributed by atoms with E-state index in [9.17, 15) is 4.79 Å². The predicted molar refractivity (Wildman–Crippen MR) is 86.3 cm³/mol. The van der Waals surface area contributed by atoms with Crippen LogP contribution in [0.5, 0.6) is 5.75 Å². The van der Waals surface area contributed by atoms with E-state index >= 15 is 0 Å². The first-order chi connectivity index (χ1) is 10.5. The molecule has 1 amide bonds. The summed E-state index contributed by atoms with van der Waals surface area (Å²) in [5.41, 5.74) is 3.69. The van der Waals surface area contributed by atoms with Crippen LogP contribution in [-0.2, 0) is 0 Å². The first-order valence-corrected chi connectivity index (χ1v) is 7.45. The van der Waals surface area contributed by atoms with Crippen molar-refractivity contribution in [3.8, 4) is 5.75 Å². The molecule has 0 aliphatic rings. The van der Waals surface area contributed by atoms with Gasteiger partial charge in [-0.05, 0) is 38.3 Å². The van der Waals surface area contributed by atoms with Crippen LogP contribution < -0.4 is 4.74 Å². The zero-order chi connectivity index (χ0) is 16.1. The van der Waals surface area contributed by atoms with E-state index in [1.165, 1.54) is 0 Å². The van der Waals surface area contributed by atoms with Crippen molar-refractivity contribution in [3.05, 3.63) is 46.8 Å². The van der Waals surface area contributed by atoms with E-state index in [1.807, 2.05) is 39.0 Å². The van der Waals surface area contributed by atoms with Gasteiger partial charge in [0.2, 0.25) is 0 Å². The van der Waals surface area contributed by atoms with Gasteiger partial charge in [-0.2, -0.15) is 5.10 Å². The standard InChI is InChI=1S/C17H23N3O2/c1-12-7-5-8-13(2)16(12)22-10-6-9-20(4)17(21)15-11-18-19-14(15)3/h5,7-8,11H,6,9-10H2,1-4H3,(H,18,19). The summed E-state index contributed by atoms with van der Waals surface area (Å²) in [4.78, 5) is 13.9. The maximum absolute atomic E-state index is 12.2. The summed E-state index contributed by atoms with van der Waals surface area (Å²) in [5.74, 6) is 0.931. The third-order valence-corrected chi connectivity index (χ3v) is 3.70. The van der Waals surface area contributed by atoms with Crippen LogP contribution in [-0.4, -0.2) is 41.2 Å². The van der Waals surface area contributed by atoms with Gasteiger partial charge < -0.3 is 9.64 Å². The third-order valence-electron chi connectivity index (χ3n) is 3.70. The van der Waals surface area contributed by atoms with Crippen LogP contribution in [0, 0.1) is 20.8 Å². The van der Waals surface area contributed by atoms with Gasteiger partial charge in [0.1, 0.15) is 5.75 Å². The number of aromatic amines is 1. The molecular formula is C17H23N3O2. The summed E-state index contributed by atoms with van der Waals surface area (Å²) in [6.07, 6.45) is 2.36. The number of rotatable bonds is 6. The fraction of sp³-hybridized carbons (Fsp3) is 0.412. The number of carbonyl (C=O) groups is 1. The summed E-state index contributed by atoms with van der Waals surface area (Å²) < 4.78 is 5.86. The van der Waals surface area contributed by atoms with Gasteiger partial charge in [0.05, 0.1) is 18.4 Å². The van der Waals surface area contributed by atoms with Gasteiger partial charge in [0, 0.05) is 19.3 Å². The first-order valence-electron chi connectivity index (χ1n) is 7.45. The Kier molecular flexibility index (Phi) is 5.20. The molecule has 5 heteroatoms. The number of ether oxygens (including phenoxy) is 1. The average molecular weight is 301 g/mol. The van der Waals surface area contributed by atoms with Crippen LogP contribution in [0.2, 0.25) is 0 Å². The second-order valence-electron chi connectivity index (χ2n) is 5.56. The molecule has 1 N–H and O–H groups in total. The topological polar surface area (TPSA) is 58.2 Å². The Hall–Kier alpha value is -2.30. The van der Waals surface area contributed by atoms with Crippen molar-refractivity contribution in [1.82, 2.24) is 15.1 Å². The normalized spacial score (nSPS) is 10.5. The van der Waals surface area contributed by atoms with E-state index in [-0.39, 0.29) is 5.91 Å². The Morgan fingerprint density at radius 3 is 2.55 bits per heavy atom. The number of hydrogen-bond acceptors (Lipinski definition) is 3. The summed E-state index contributed by atoms with van der Waals surface area (Å²) in [7, 11) is 1.80. The lowest BCUT2D eigenvalue weighted by molar-refractivity contribution is 0.0787. The molecule has 0 saturated carbocycles. The van der Waals surface area contributed by atoms with E-state index in [4.69, 9.17) is 4.74 Å². The van der Waals surface area contributed by atoms with Crippen LogP contribution in [0.1, 0.15) is 33.6 Å². The van der Waals surface area contributed by atoms with Gasteiger partial charge in [-0.3, -0.25) is 9.89 Å². The van der Waals surface area contributed by atoms with Crippen molar-refractivity contribution in [2.45, 2.75) is 27.2 Å². The number of hydrogen-bond donors (Lipinski definition) is 1. The van der Waals surface area contributed by atoms with E-state index in [2.05, 4.69) is 10.2 Å². The summed E-state index contributed by atoms with van der Waals surface area (Å²) in [6, 6.07) is 6.11. The maximum atomic E-state index is 12.2. The van der Waals surface area contributed by atoms with Crippen LogP contribution in [0.25, 0.3) is 0 Å². The van der Waals surface area contributed by atoms with Crippen molar-refractivity contribution >= 4 is 5.91 Å². The number of nitrogens with one attached hydrogen (secondary N) is 1. The monoisotopic (exact) mass is 301 g/mol. The SMILES string of the molecule is Cc1cccc(C)c1OCCCN(C)C(=O)c1cn[nH]c1C. The molecule has 0 aliphatic heterocycles. The highest BCUT2D eigenvalue weighted by atomic mass is 16.5. The smallest absolute Gasteiger partial charge is 0.257 e. The quantitative estimate of drug-likeness (QED) is 0.835. The third kappa shape index (κ3) is 3.67. The predicted octanol–water partition coefficient (Wildman–Crippen LogP) is 2.88. The fourth-order valence-corrected chi connectivity index (χ4v) is 2.38. The Morgan fingerprint density at radius 2 is 1.95 bits per heavy atom. The molecule has 22 heavy (non-hydrogen) atoms. The summed E-state index contributed by atoms with van der Waals surface area (Å²) in [5, 5.41) is 6.67. The summed E-state index contributed by atoms with van der Waals surface area (Å²) in [6.45, 7) is 7.17. The van der Waals surface area contributed by atoms with E-state index in [1.54, 1.807) is 18.1 Å². The Morgan fingerprint density at radius 1 is 1.27 bits per heavy atom. The van der Waals surface area contributed by atoms with Crippen molar-refractivity contribution < 1.29 is 9.53 Å². The number of para-hydroxylation sites is 1. The molecule has 2 aromatic rings. The molecule has 0 bridgehead atoms. The number of carbonyl (C=O) groups excluding carboxylic acids is 1. The highest BCUT2D eigenvalue weighted by Gasteiger charge is 2.15. The number of aromatic nitrogens is 2.